The number of aromatic amines is 1. The topological polar surface area (TPSA) is 69.2 Å². The Bertz CT molecular complexity index is 600. The molecule has 0 bridgehead atoms. The molecule has 1 saturated heterocycles. The molecule has 2 aromatic rings. The molecule has 1 fully saturated rings. The van der Waals surface area contributed by atoms with E-state index in [0.717, 1.165) is 31.6 Å². The zero-order chi connectivity index (χ0) is 13.9. The van der Waals surface area contributed by atoms with Gasteiger partial charge in [-0.3, -0.25) is 4.79 Å². The third-order valence-electron chi connectivity index (χ3n) is 4.15. The minimum absolute atomic E-state index is 0.238. The maximum Gasteiger partial charge on any atom is 0.304 e. The second-order valence-electron chi connectivity index (χ2n) is 5.40. The molecular weight excluding hydrogens is 254 g/mol. The Balaban J connectivity index is 1.65. The van der Waals surface area contributed by atoms with Crippen LogP contribution in [0.4, 0.5) is 0 Å². The summed E-state index contributed by atoms with van der Waals surface area (Å²) < 4.78 is 0. The molecule has 1 aliphatic heterocycles. The first-order valence-electron chi connectivity index (χ1n) is 7.10. The molecule has 2 N–H and O–H groups in total. The SMILES string of the molecule is O=C(O)CCN1CCC(c2c[nH]c3ncccc23)CC1. The van der Waals surface area contributed by atoms with E-state index in [4.69, 9.17) is 5.11 Å². The van der Waals surface area contributed by atoms with E-state index in [1.54, 1.807) is 6.20 Å². The predicted octanol–water partition coefficient (Wildman–Crippen LogP) is 2.22. The molecule has 0 aromatic carbocycles. The molecule has 106 valence electrons. The molecule has 0 aliphatic carbocycles. The maximum atomic E-state index is 10.6. The van der Waals surface area contributed by atoms with Crippen LogP contribution >= 0.6 is 0 Å². The van der Waals surface area contributed by atoms with Gasteiger partial charge >= 0.3 is 5.97 Å². The quantitative estimate of drug-likeness (QED) is 0.896. The lowest BCUT2D eigenvalue weighted by molar-refractivity contribution is -0.137. The van der Waals surface area contributed by atoms with Gasteiger partial charge in [0.1, 0.15) is 5.65 Å². The smallest absolute Gasteiger partial charge is 0.304 e. The van der Waals surface area contributed by atoms with Crippen LogP contribution in [-0.4, -0.2) is 45.6 Å². The van der Waals surface area contributed by atoms with Crippen molar-refractivity contribution in [3.8, 4) is 0 Å². The average Bonchev–Trinajstić information content (AvgIpc) is 2.89. The van der Waals surface area contributed by atoms with E-state index < -0.39 is 5.97 Å². The zero-order valence-electron chi connectivity index (χ0n) is 11.4. The minimum atomic E-state index is -0.713. The summed E-state index contributed by atoms with van der Waals surface area (Å²) in [7, 11) is 0. The van der Waals surface area contributed by atoms with Crippen molar-refractivity contribution in [1.29, 1.82) is 0 Å². The van der Waals surface area contributed by atoms with E-state index in [9.17, 15) is 4.79 Å². The van der Waals surface area contributed by atoms with E-state index in [0.29, 0.717) is 12.5 Å². The van der Waals surface area contributed by atoms with Crippen molar-refractivity contribution in [2.24, 2.45) is 0 Å². The van der Waals surface area contributed by atoms with Crippen LogP contribution in [-0.2, 0) is 4.79 Å². The molecule has 3 heterocycles. The summed E-state index contributed by atoms with van der Waals surface area (Å²) in [6, 6.07) is 4.09. The fourth-order valence-corrected chi connectivity index (χ4v) is 3.04. The largest absolute Gasteiger partial charge is 0.481 e. The van der Waals surface area contributed by atoms with E-state index in [1.807, 2.05) is 6.07 Å². The van der Waals surface area contributed by atoms with Crippen molar-refractivity contribution >= 4 is 17.0 Å². The summed E-state index contributed by atoms with van der Waals surface area (Å²) in [6.45, 7) is 2.62. The highest BCUT2D eigenvalue weighted by atomic mass is 16.4. The Morgan fingerprint density at radius 3 is 3.00 bits per heavy atom. The number of H-pyrrole nitrogens is 1. The van der Waals surface area contributed by atoms with Gasteiger partial charge < -0.3 is 15.0 Å². The van der Waals surface area contributed by atoms with Crippen LogP contribution < -0.4 is 0 Å². The van der Waals surface area contributed by atoms with Gasteiger partial charge in [-0.15, -0.1) is 0 Å². The molecule has 20 heavy (non-hydrogen) atoms. The van der Waals surface area contributed by atoms with Crippen LogP contribution in [0.3, 0.4) is 0 Å². The van der Waals surface area contributed by atoms with Gasteiger partial charge in [-0.1, -0.05) is 0 Å². The highest BCUT2D eigenvalue weighted by Gasteiger charge is 2.23. The second-order valence-corrected chi connectivity index (χ2v) is 5.40. The lowest BCUT2D eigenvalue weighted by atomic mass is 9.89. The van der Waals surface area contributed by atoms with Crippen LogP contribution in [0.1, 0.15) is 30.7 Å². The highest BCUT2D eigenvalue weighted by molar-refractivity contribution is 5.80. The average molecular weight is 273 g/mol. The highest BCUT2D eigenvalue weighted by Crippen LogP contribution is 2.32. The number of hydrogen-bond donors (Lipinski definition) is 2. The molecule has 3 rings (SSSR count). The zero-order valence-corrected chi connectivity index (χ0v) is 11.4. The number of aromatic nitrogens is 2. The Morgan fingerprint density at radius 2 is 2.25 bits per heavy atom. The third kappa shape index (κ3) is 2.67. The molecule has 0 amide bonds. The van der Waals surface area contributed by atoms with Gasteiger partial charge in [0, 0.05) is 24.3 Å². The normalized spacial score (nSPS) is 17.6. The van der Waals surface area contributed by atoms with Crippen molar-refractivity contribution in [3.05, 3.63) is 30.1 Å². The predicted molar refractivity (Wildman–Crippen MR) is 76.8 cm³/mol. The van der Waals surface area contributed by atoms with Crippen LogP contribution in [0.2, 0.25) is 0 Å². The summed E-state index contributed by atoms with van der Waals surface area (Å²) in [5.41, 5.74) is 2.31. The van der Waals surface area contributed by atoms with Crippen LogP contribution in [0.25, 0.3) is 11.0 Å². The molecule has 1 aliphatic rings. The fourth-order valence-electron chi connectivity index (χ4n) is 3.04. The number of fused-ring (bicyclic) bond motifs is 1. The van der Waals surface area contributed by atoms with E-state index >= 15 is 0 Å². The van der Waals surface area contributed by atoms with Gasteiger partial charge in [0.2, 0.25) is 0 Å². The van der Waals surface area contributed by atoms with Gasteiger partial charge in [0.15, 0.2) is 0 Å². The number of aliphatic carboxylic acids is 1. The Labute approximate surface area is 117 Å². The number of likely N-dealkylation sites (tertiary alicyclic amines) is 1. The molecule has 0 saturated carbocycles. The molecule has 5 nitrogen and oxygen atoms in total. The van der Waals surface area contributed by atoms with E-state index in [1.165, 1.54) is 10.9 Å². The molecule has 5 heteroatoms. The number of rotatable bonds is 4. The van der Waals surface area contributed by atoms with Crippen LogP contribution in [0, 0.1) is 0 Å². The number of carboxylic acids is 1. The van der Waals surface area contributed by atoms with Gasteiger partial charge in [0.05, 0.1) is 6.42 Å². The van der Waals surface area contributed by atoms with Gasteiger partial charge in [-0.2, -0.15) is 0 Å². The van der Waals surface area contributed by atoms with E-state index in [2.05, 4.69) is 27.1 Å². The summed E-state index contributed by atoms with van der Waals surface area (Å²) in [6.07, 6.45) is 6.29. The van der Waals surface area contributed by atoms with E-state index in [-0.39, 0.29) is 6.42 Å². The number of nitrogens with zero attached hydrogens (tertiary/aromatic N) is 2. The van der Waals surface area contributed by atoms with Crippen molar-refractivity contribution in [2.45, 2.75) is 25.2 Å². The number of pyridine rings is 1. The van der Waals surface area contributed by atoms with Crippen LogP contribution in [0.5, 0.6) is 0 Å². The number of nitrogens with one attached hydrogen (secondary N) is 1. The first-order chi connectivity index (χ1) is 9.74. The van der Waals surface area contributed by atoms with Crippen molar-refractivity contribution in [1.82, 2.24) is 14.9 Å². The summed E-state index contributed by atoms with van der Waals surface area (Å²) in [5.74, 6) is -0.163. The molecular formula is C15H19N3O2. The lowest BCUT2D eigenvalue weighted by Gasteiger charge is -2.31. The summed E-state index contributed by atoms with van der Waals surface area (Å²) >= 11 is 0. The molecule has 0 radical (unpaired) electrons. The van der Waals surface area contributed by atoms with Crippen LogP contribution in [0.15, 0.2) is 24.5 Å². The first-order valence-corrected chi connectivity index (χ1v) is 7.10. The van der Waals surface area contributed by atoms with Crippen molar-refractivity contribution in [3.63, 3.8) is 0 Å². The molecule has 0 unspecified atom stereocenters. The van der Waals surface area contributed by atoms with Gasteiger partial charge in [-0.05, 0) is 49.5 Å². The Hall–Kier alpha value is -1.88. The summed E-state index contributed by atoms with van der Waals surface area (Å²) in [4.78, 5) is 20.4. The Kier molecular flexibility index (Phi) is 3.69. The monoisotopic (exact) mass is 273 g/mol. The van der Waals surface area contributed by atoms with Crippen molar-refractivity contribution < 1.29 is 9.90 Å². The third-order valence-corrected chi connectivity index (χ3v) is 4.15. The molecule has 0 spiro atoms. The second kappa shape index (κ2) is 5.63. The number of hydrogen-bond acceptors (Lipinski definition) is 3. The Morgan fingerprint density at radius 1 is 1.45 bits per heavy atom. The number of carbonyl (C=O) groups is 1. The number of piperidine rings is 1. The minimum Gasteiger partial charge on any atom is -0.481 e. The van der Waals surface area contributed by atoms with Gasteiger partial charge in [-0.25, -0.2) is 4.98 Å². The molecule has 2 aromatic heterocycles. The summed E-state index contributed by atoms with van der Waals surface area (Å²) in [5, 5.41) is 9.95. The maximum absolute atomic E-state index is 10.6. The number of carboxylic acid groups (broad SMARTS) is 1. The fraction of sp³-hybridized carbons (Fsp3) is 0.467. The standard InChI is InChI=1S/C15H19N3O2/c19-14(20)5-9-18-7-3-11(4-8-18)13-10-17-15-12(13)2-1-6-16-15/h1-2,6,10-11H,3-5,7-9H2,(H,16,17)(H,19,20). The first kappa shape index (κ1) is 13.1. The van der Waals surface area contributed by atoms with Gasteiger partial charge in [0.25, 0.3) is 0 Å². The van der Waals surface area contributed by atoms with Crippen molar-refractivity contribution in [2.75, 3.05) is 19.6 Å². The molecule has 0 atom stereocenters. The lowest BCUT2D eigenvalue weighted by Crippen LogP contribution is -2.34.